The minimum absolute atomic E-state index is 0.0154. The van der Waals surface area contributed by atoms with Gasteiger partial charge in [0.05, 0.1) is 17.4 Å². The zero-order chi connectivity index (χ0) is 18.0. The largest absolute Gasteiger partial charge is 0.345 e. The molecule has 0 saturated carbocycles. The summed E-state index contributed by atoms with van der Waals surface area (Å²) in [6.45, 7) is 8.80. The van der Waals surface area contributed by atoms with Crippen LogP contribution in [0.1, 0.15) is 44.0 Å². The third-order valence-corrected chi connectivity index (χ3v) is 4.48. The standard InChI is InChI=1S/C19H26N4O2/c1-19(2,3)12-17(24)22-7-4-8-23(10-9-22)18(25)14-5-6-15-16(11-14)21-13-20-15/h5-6,11,13H,4,7-10,12H2,1-3H3,(H,20,21). The van der Waals surface area contributed by atoms with E-state index < -0.39 is 0 Å². The Balaban J connectivity index is 1.66. The Labute approximate surface area is 148 Å². The number of aromatic nitrogens is 2. The summed E-state index contributed by atoms with van der Waals surface area (Å²) in [6, 6.07) is 5.52. The third kappa shape index (κ3) is 4.18. The number of aromatic amines is 1. The second-order valence-electron chi connectivity index (χ2n) is 7.90. The van der Waals surface area contributed by atoms with Gasteiger partial charge in [-0.2, -0.15) is 0 Å². The molecule has 1 saturated heterocycles. The Kier molecular flexibility index (Phi) is 4.79. The molecular formula is C19H26N4O2. The molecule has 0 radical (unpaired) electrons. The molecule has 2 amide bonds. The third-order valence-electron chi connectivity index (χ3n) is 4.48. The van der Waals surface area contributed by atoms with E-state index in [-0.39, 0.29) is 17.2 Å². The van der Waals surface area contributed by atoms with Gasteiger partial charge in [0.25, 0.3) is 5.91 Å². The van der Waals surface area contributed by atoms with Crippen molar-refractivity contribution in [2.45, 2.75) is 33.6 Å². The minimum Gasteiger partial charge on any atom is -0.345 e. The van der Waals surface area contributed by atoms with E-state index in [1.165, 1.54) is 0 Å². The van der Waals surface area contributed by atoms with Gasteiger partial charge in [-0.05, 0) is 30.0 Å². The molecule has 0 unspecified atom stereocenters. The van der Waals surface area contributed by atoms with Crippen molar-refractivity contribution in [2.24, 2.45) is 5.41 Å². The van der Waals surface area contributed by atoms with Crippen molar-refractivity contribution in [2.75, 3.05) is 26.2 Å². The van der Waals surface area contributed by atoms with Crippen LogP contribution in [0.3, 0.4) is 0 Å². The fourth-order valence-corrected chi connectivity index (χ4v) is 3.19. The van der Waals surface area contributed by atoms with Crippen LogP contribution in [0.15, 0.2) is 24.5 Å². The van der Waals surface area contributed by atoms with Crippen LogP contribution in [0.4, 0.5) is 0 Å². The molecule has 1 N–H and O–H groups in total. The Morgan fingerprint density at radius 1 is 1.12 bits per heavy atom. The lowest BCUT2D eigenvalue weighted by atomic mass is 9.91. The highest BCUT2D eigenvalue weighted by molar-refractivity contribution is 5.97. The van der Waals surface area contributed by atoms with Crippen LogP contribution in [0.25, 0.3) is 11.0 Å². The lowest BCUT2D eigenvalue weighted by Gasteiger charge is -2.25. The highest BCUT2D eigenvalue weighted by atomic mass is 16.2. The van der Waals surface area contributed by atoms with Crippen molar-refractivity contribution in [1.29, 1.82) is 0 Å². The van der Waals surface area contributed by atoms with Crippen LogP contribution in [0.2, 0.25) is 0 Å². The quantitative estimate of drug-likeness (QED) is 0.912. The summed E-state index contributed by atoms with van der Waals surface area (Å²) in [5.41, 5.74) is 2.36. The SMILES string of the molecule is CC(C)(C)CC(=O)N1CCCN(C(=O)c2ccc3nc[nH]c3c2)CC1. The molecular weight excluding hydrogens is 316 g/mol. The lowest BCUT2D eigenvalue weighted by molar-refractivity contribution is -0.132. The molecule has 2 aromatic rings. The fourth-order valence-electron chi connectivity index (χ4n) is 3.19. The van der Waals surface area contributed by atoms with Crippen molar-refractivity contribution in [3.8, 4) is 0 Å². The molecule has 6 heteroatoms. The van der Waals surface area contributed by atoms with Gasteiger partial charge >= 0.3 is 0 Å². The van der Waals surface area contributed by atoms with Gasteiger partial charge < -0.3 is 14.8 Å². The van der Waals surface area contributed by atoms with Crippen molar-refractivity contribution >= 4 is 22.8 Å². The summed E-state index contributed by atoms with van der Waals surface area (Å²) >= 11 is 0. The molecule has 0 aliphatic carbocycles. The first kappa shape index (κ1) is 17.5. The van der Waals surface area contributed by atoms with E-state index in [1.807, 2.05) is 28.0 Å². The maximum atomic E-state index is 12.8. The average Bonchev–Trinajstić information content (AvgIpc) is 2.86. The predicted molar refractivity (Wildman–Crippen MR) is 97.3 cm³/mol. The highest BCUT2D eigenvalue weighted by Gasteiger charge is 2.25. The van der Waals surface area contributed by atoms with E-state index in [0.717, 1.165) is 24.0 Å². The van der Waals surface area contributed by atoms with Crippen molar-refractivity contribution in [1.82, 2.24) is 19.8 Å². The van der Waals surface area contributed by atoms with Gasteiger partial charge in [0.1, 0.15) is 0 Å². The number of nitrogens with one attached hydrogen (secondary N) is 1. The van der Waals surface area contributed by atoms with Crippen molar-refractivity contribution in [3.05, 3.63) is 30.1 Å². The van der Waals surface area contributed by atoms with E-state index in [4.69, 9.17) is 0 Å². The van der Waals surface area contributed by atoms with Gasteiger partial charge in [-0.25, -0.2) is 4.98 Å². The summed E-state index contributed by atoms with van der Waals surface area (Å²) in [6.07, 6.45) is 2.98. The van der Waals surface area contributed by atoms with Crippen LogP contribution in [-0.2, 0) is 4.79 Å². The Hall–Kier alpha value is -2.37. The molecule has 134 valence electrons. The molecule has 1 aromatic heterocycles. The number of rotatable bonds is 2. The van der Waals surface area contributed by atoms with Crippen molar-refractivity contribution in [3.63, 3.8) is 0 Å². The Morgan fingerprint density at radius 2 is 1.84 bits per heavy atom. The Bertz CT molecular complexity index is 775. The topological polar surface area (TPSA) is 69.3 Å². The molecule has 6 nitrogen and oxygen atoms in total. The van der Waals surface area contributed by atoms with E-state index in [9.17, 15) is 9.59 Å². The van der Waals surface area contributed by atoms with Gasteiger partial charge in [0.15, 0.2) is 0 Å². The van der Waals surface area contributed by atoms with Gasteiger partial charge in [-0.1, -0.05) is 20.8 Å². The molecule has 1 aromatic carbocycles. The summed E-state index contributed by atoms with van der Waals surface area (Å²) in [7, 11) is 0. The number of imidazole rings is 1. The normalized spacial score (nSPS) is 16.1. The van der Waals surface area contributed by atoms with E-state index >= 15 is 0 Å². The summed E-state index contributed by atoms with van der Waals surface area (Å²) in [5.74, 6) is 0.197. The first-order chi connectivity index (χ1) is 11.8. The number of H-pyrrole nitrogens is 1. The number of amides is 2. The predicted octanol–water partition coefficient (Wildman–Crippen LogP) is 2.67. The highest BCUT2D eigenvalue weighted by Crippen LogP contribution is 2.21. The first-order valence-electron chi connectivity index (χ1n) is 8.84. The fraction of sp³-hybridized carbons (Fsp3) is 0.526. The molecule has 0 atom stereocenters. The van der Waals surface area contributed by atoms with Crippen LogP contribution in [0, 0.1) is 5.41 Å². The number of nitrogens with zero attached hydrogens (tertiary/aromatic N) is 3. The molecule has 1 fully saturated rings. The van der Waals surface area contributed by atoms with E-state index in [2.05, 4.69) is 30.7 Å². The lowest BCUT2D eigenvalue weighted by Crippen LogP contribution is -2.38. The zero-order valence-electron chi connectivity index (χ0n) is 15.2. The summed E-state index contributed by atoms with van der Waals surface area (Å²) in [5, 5.41) is 0. The van der Waals surface area contributed by atoms with E-state index in [0.29, 0.717) is 31.6 Å². The number of carbonyl (C=O) groups is 2. The van der Waals surface area contributed by atoms with E-state index in [1.54, 1.807) is 6.33 Å². The molecule has 25 heavy (non-hydrogen) atoms. The molecule has 1 aliphatic heterocycles. The number of fused-ring (bicyclic) bond motifs is 1. The minimum atomic E-state index is -0.0155. The van der Waals surface area contributed by atoms with Gasteiger partial charge in [-0.3, -0.25) is 9.59 Å². The van der Waals surface area contributed by atoms with Crippen LogP contribution < -0.4 is 0 Å². The first-order valence-corrected chi connectivity index (χ1v) is 8.84. The van der Waals surface area contributed by atoms with Gasteiger partial charge in [0, 0.05) is 38.2 Å². The molecule has 2 heterocycles. The number of hydrogen-bond acceptors (Lipinski definition) is 3. The Morgan fingerprint density at radius 3 is 2.60 bits per heavy atom. The van der Waals surface area contributed by atoms with Crippen LogP contribution in [0.5, 0.6) is 0 Å². The maximum absolute atomic E-state index is 12.8. The van der Waals surface area contributed by atoms with Crippen molar-refractivity contribution < 1.29 is 9.59 Å². The monoisotopic (exact) mass is 342 g/mol. The second-order valence-corrected chi connectivity index (χ2v) is 7.90. The molecule has 0 bridgehead atoms. The number of hydrogen-bond donors (Lipinski definition) is 1. The number of carbonyl (C=O) groups excluding carboxylic acids is 2. The van der Waals surface area contributed by atoms with Gasteiger partial charge in [0.2, 0.25) is 5.91 Å². The van der Waals surface area contributed by atoms with Gasteiger partial charge in [-0.15, -0.1) is 0 Å². The summed E-state index contributed by atoms with van der Waals surface area (Å²) in [4.78, 5) is 36.2. The van der Waals surface area contributed by atoms with Crippen LogP contribution >= 0.6 is 0 Å². The molecule has 3 rings (SSSR count). The summed E-state index contributed by atoms with van der Waals surface area (Å²) < 4.78 is 0. The number of benzene rings is 1. The molecule has 1 aliphatic rings. The second kappa shape index (κ2) is 6.86. The maximum Gasteiger partial charge on any atom is 0.253 e. The molecule has 0 spiro atoms. The smallest absolute Gasteiger partial charge is 0.253 e. The zero-order valence-corrected chi connectivity index (χ0v) is 15.2. The average molecular weight is 342 g/mol. The van der Waals surface area contributed by atoms with Crippen LogP contribution in [-0.4, -0.2) is 57.8 Å².